The number of hydrogen-bond donors (Lipinski definition) is 1. The van der Waals surface area contributed by atoms with E-state index in [4.69, 9.17) is 4.74 Å². The number of rotatable bonds is 7. The lowest BCUT2D eigenvalue weighted by atomic mass is 10.0. The van der Waals surface area contributed by atoms with Gasteiger partial charge in [-0.15, -0.1) is 0 Å². The van der Waals surface area contributed by atoms with Crippen LogP contribution in [0.3, 0.4) is 0 Å². The fraction of sp³-hybridized carbons (Fsp3) is 0.250. The van der Waals surface area contributed by atoms with Crippen molar-refractivity contribution in [1.29, 1.82) is 0 Å². The van der Waals surface area contributed by atoms with Gasteiger partial charge in [0, 0.05) is 22.5 Å². The van der Waals surface area contributed by atoms with Crippen molar-refractivity contribution >= 4 is 34.8 Å². The second-order valence-corrected chi connectivity index (χ2v) is 7.43. The summed E-state index contributed by atoms with van der Waals surface area (Å²) in [4.78, 5) is 50.5. The molecule has 0 saturated carbocycles. The molecule has 0 aromatic heterocycles. The summed E-state index contributed by atoms with van der Waals surface area (Å²) in [7, 11) is 0. The quantitative estimate of drug-likeness (QED) is 0.542. The highest BCUT2D eigenvalue weighted by Gasteiger charge is 2.49. The molecule has 3 rings (SSSR count). The van der Waals surface area contributed by atoms with Crippen LogP contribution in [-0.4, -0.2) is 35.6 Å². The molecule has 0 fully saturated rings. The number of carbonyl (C=O) groups is 4. The first-order valence-corrected chi connectivity index (χ1v) is 9.91. The molecule has 1 amide bonds. The van der Waals surface area contributed by atoms with E-state index < -0.39 is 17.4 Å². The third-order valence-electron chi connectivity index (χ3n) is 5.11. The Balaban J connectivity index is 1.97. The van der Waals surface area contributed by atoms with Gasteiger partial charge in [-0.05, 0) is 82.3 Å². The van der Waals surface area contributed by atoms with Gasteiger partial charge in [-0.25, -0.2) is 4.79 Å². The fourth-order valence-corrected chi connectivity index (χ4v) is 3.43. The van der Waals surface area contributed by atoms with E-state index in [-0.39, 0.29) is 23.9 Å². The van der Waals surface area contributed by atoms with Crippen molar-refractivity contribution in [2.75, 3.05) is 16.8 Å². The monoisotopic (exact) mass is 420 g/mol. The van der Waals surface area contributed by atoms with Crippen molar-refractivity contribution in [1.82, 2.24) is 0 Å². The fourth-order valence-electron chi connectivity index (χ4n) is 3.43. The maximum absolute atomic E-state index is 13.3. The predicted molar refractivity (Wildman–Crippen MR) is 117 cm³/mol. The van der Waals surface area contributed by atoms with Gasteiger partial charge in [0.2, 0.25) is 0 Å². The van der Waals surface area contributed by atoms with E-state index in [9.17, 15) is 19.2 Å². The number of nitrogens with one attached hydrogen (secondary N) is 1. The topological polar surface area (TPSA) is 92.8 Å². The Bertz CT molecular complexity index is 1070. The number of nitrogens with zero attached hydrogens (tertiary/aromatic N) is 1. The van der Waals surface area contributed by atoms with Crippen LogP contribution in [0.2, 0.25) is 0 Å². The van der Waals surface area contributed by atoms with Gasteiger partial charge in [-0.3, -0.25) is 19.3 Å². The van der Waals surface area contributed by atoms with Gasteiger partial charge in [0.1, 0.15) is 5.70 Å². The smallest absolute Gasteiger partial charge is 0.336 e. The summed E-state index contributed by atoms with van der Waals surface area (Å²) in [6.45, 7) is 6.41. The first kappa shape index (κ1) is 22.0. The third-order valence-corrected chi connectivity index (χ3v) is 5.11. The lowest BCUT2D eigenvalue weighted by Crippen LogP contribution is -2.51. The van der Waals surface area contributed by atoms with Crippen molar-refractivity contribution in [3.05, 3.63) is 71.4 Å². The van der Waals surface area contributed by atoms with E-state index in [1.807, 2.05) is 0 Å². The van der Waals surface area contributed by atoms with Crippen molar-refractivity contribution in [3.8, 4) is 0 Å². The maximum Gasteiger partial charge on any atom is 0.336 e. The number of anilines is 2. The van der Waals surface area contributed by atoms with Crippen molar-refractivity contribution in [2.24, 2.45) is 0 Å². The molecule has 160 valence electrons. The van der Waals surface area contributed by atoms with Crippen molar-refractivity contribution in [3.63, 3.8) is 0 Å². The number of benzene rings is 2. The Morgan fingerprint density at radius 1 is 0.935 bits per heavy atom. The Kier molecular flexibility index (Phi) is 6.06. The van der Waals surface area contributed by atoms with Crippen LogP contribution in [-0.2, 0) is 14.3 Å². The van der Waals surface area contributed by atoms with Crippen LogP contribution in [0.25, 0.3) is 0 Å². The Hall–Kier alpha value is -3.74. The summed E-state index contributed by atoms with van der Waals surface area (Å²) in [5, 5.41) is 3.04. The number of hydrogen-bond acceptors (Lipinski definition) is 6. The number of ketones is 2. The average Bonchev–Trinajstić information content (AvgIpc) is 2.99. The molecule has 2 aromatic rings. The first-order chi connectivity index (χ1) is 14.7. The predicted octanol–water partition coefficient (Wildman–Crippen LogP) is 3.76. The van der Waals surface area contributed by atoms with E-state index in [1.54, 1.807) is 62.4 Å². The molecular weight excluding hydrogens is 396 g/mol. The summed E-state index contributed by atoms with van der Waals surface area (Å²) in [5.74, 6) is -1.13. The van der Waals surface area contributed by atoms with Gasteiger partial charge in [-0.2, -0.15) is 0 Å². The molecule has 2 aromatic carbocycles. The molecule has 1 atom stereocenters. The van der Waals surface area contributed by atoms with Gasteiger partial charge < -0.3 is 10.1 Å². The molecule has 7 nitrogen and oxygen atoms in total. The summed E-state index contributed by atoms with van der Waals surface area (Å²) in [6.07, 6.45) is 1.53. The average molecular weight is 420 g/mol. The minimum Gasteiger partial charge on any atom is -0.464 e. The van der Waals surface area contributed by atoms with Gasteiger partial charge in [0.25, 0.3) is 5.91 Å². The third kappa shape index (κ3) is 4.26. The zero-order valence-corrected chi connectivity index (χ0v) is 17.9. The van der Waals surface area contributed by atoms with Gasteiger partial charge in [0.05, 0.1) is 6.61 Å². The molecule has 0 saturated heterocycles. The van der Waals surface area contributed by atoms with Gasteiger partial charge in [-0.1, -0.05) is 0 Å². The van der Waals surface area contributed by atoms with E-state index in [2.05, 4.69) is 5.32 Å². The van der Waals surface area contributed by atoms with Crippen molar-refractivity contribution < 1.29 is 23.9 Å². The largest absolute Gasteiger partial charge is 0.464 e. The lowest BCUT2D eigenvalue weighted by molar-refractivity contribution is -0.147. The van der Waals surface area contributed by atoms with E-state index in [1.165, 1.54) is 24.8 Å². The molecular formula is C24H24N2O5. The van der Waals surface area contributed by atoms with Gasteiger partial charge >= 0.3 is 5.97 Å². The van der Waals surface area contributed by atoms with Crippen molar-refractivity contribution in [2.45, 2.75) is 33.2 Å². The van der Waals surface area contributed by atoms with Crippen LogP contribution < -0.4 is 10.2 Å². The molecule has 0 spiro atoms. The maximum atomic E-state index is 13.3. The highest BCUT2D eigenvalue weighted by atomic mass is 16.5. The van der Waals surface area contributed by atoms with E-state index in [0.29, 0.717) is 22.5 Å². The Morgan fingerprint density at radius 3 is 1.94 bits per heavy atom. The molecule has 1 heterocycles. The Morgan fingerprint density at radius 2 is 1.45 bits per heavy atom. The van der Waals surface area contributed by atoms with Gasteiger partial charge in [0.15, 0.2) is 17.1 Å². The SMILES string of the molecule is CCOC(=O)[C@]1(C)C=C(Nc2ccc(C(C)=O)cc2)C(=O)N1c1ccc(C(C)=O)cc1. The molecule has 7 heteroatoms. The molecule has 0 aliphatic carbocycles. The van der Waals surface area contributed by atoms with Crippen LogP contribution in [0.1, 0.15) is 48.4 Å². The zero-order chi connectivity index (χ0) is 22.8. The molecule has 1 N–H and O–H groups in total. The Labute approximate surface area is 180 Å². The van der Waals surface area contributed by atoms with Crippen LogP contribution in [0, 0.1) is 0 Å². The second-order valence-electron chi connectivity index (χ2n) is 7.43. The highest BCUT2D eigenvalue weighted by molar-refractivity contribution is 6.16. The number of esters is 1. The molecule has 31 heavy (non-hydrogen) atoms. The normalized spacial score (nSPS) is 17.9. The van der Waals surface area contributed by atoms with Crippen LogP contribution in [0.5, 0.6) is 0 Å². The van der Waals surface area contributed by atoms with Crippen LogP contribution in [0.15, 0.2) is 60.3 Å². The number of ether oxygens (including phenoxy) is 1. The number of Topliss-reactive ketones (excluding diaryl/α,β-unsaturated/α-hetero) is 2. The minimum absolute atomic E-state index is 0.0576. The summed E-state index contributed by atoms with van der Waals surface area (Å²) in [6, 6.07) is 13.2. The molecule has 1 aliphatic heterocycles. The van der Waals surface area contributed by atoms with E-state index >= 15 is 0 Å². The first-order valence-electron chi connectivity index (χ1n) is 9.91. The molecule has 1 aliphatic rings. The van der Waals surface area contributed by atoms with Crippen LogP contribution >= 0.6 is 0 Å². The zero-order valence-electron chi connectivity index (χ0n) is 17.9. The standard InChI is InChI=1S/C24H24N2O5/c1-5-31-23(30)24(4)14-21(25-19-10-6-17(7-11-19)15(2)27)22(29)26(24)20-12-8-18(9-13-20)16(3)28/h6-14,25H,5H2,1-4H3/t24-/m0/s1. The van der Waals surface area contributed by atoms with Crippen LogP contribution in [0.4, 0.5) is 11.4 Å². The summed E-state index contributed by atoms with van der Waals surface area (Å²) in [5.41, 5.74) is 0.967. The highest BCUT2D eigenvalue weighted by Crippen LogP contribution is 2.35. The number of carbonyl (C=O) groups excluding carboxylic acids is 4. The van der Waals surface area contributed by atoms with E-state index in [0.717, 1.165) is 0 Å². The minimum atomic E-state index is -1.37. The molecule has 0 unspecified atom stereocenters. The molecule has 0 radical (unpaired) electrons. The summed E-state index contributed by atoms with van der Waals surface area (Å²) >= 11 is 0. The number of amides is 1. The second kappa shape index (κ2) is 8.55. The molecule has 0 bridgehead atoms. The summed E-state index contributed by atoms with van der Waals surface area (Å²) < 4.78 is 5.23. The lowest BCUT2D eigenvalue weighted by Gasteiger charge is -2.32.